The Morgan fingerprint density at radius 3 is 2.86 bits per heavy atom. The van der Waals surface area contributed by atoms with Crippen LogP contribution in [-0.4, -0.2) is 33.1 Å². The molecule has 0 aliphatic carbocycles. The fourth-order valence-electron chi connectivity index (χ4n) is 1.95. The molecule has 0 bridgehead atoms. The number of nitrogens with zero attached hydrogens (tertiary/aromatic N) is 3. The van der Waals surface area contributed by atoms with Gasteiger partial charge in [0.15, 0.2) is 5.65 Å². The molecule has 2 N–H and O–H groups in total. The minimum atomic E-state index is -0.237. The lowest BCUT2D eigenvalue weighted by atomic mass is 10.2. The Morgan fingerprint density at radius 2 is 2.14 bits per heavy atom. The molecule has 6 heteroatoms. The molecule has 0 aliphatic rings. The van der Waals surface area contributed by atoms with Crippen LogP contribution in [0.1, 0.15) is 32.0 Å². The summed E-state index contributed by atoms with van der Waals surface area (Å²) in [6, 6.07) is 1.69. The van der Waals surface area contributed by atoms with Gasteiger partial charge in [-0.15, -0.1) is 0 Å². The highest BCUT2D eigenvalue weighted by Gasteiger charge is 2.12. The predicted octanol–water partition coefficient (Wildman–Crippen LogP) is 1.29. The number of hydrogen-bond donors (Lipinski definition) is 2. The number of aromatic nitrogens is 3. The van der Waals surface area contributed by atoms with Crippen LogP contribution in [0.25, 0.3) is 5.65 Å². The highest BCUT2D eigenvalue weighted by atomic mass is 16.2. The monoisotopic (exact) mass is 289 g/mol. The van der Waals surface area contributed by atoms with Crippen molar-refractivity contribution >= 4 is 11.6 Å². The summed E-state index contributed by atoms with van der Waals surface area (Å²) in [4.78, 5) is 16.2. The van der Waals surface area contributed by atoms with Crippen LogP contribution in [0, 0.1) is 12.8 Å². The molecule has 2 rings (SSSR count). The number of carbonyl (C=O) groups excluding carboxylic acids is 1. The first kappa shape index (κ1) is 15.4. The van der Waals surface area contributed by atoms with Crippen LogP contribution in [0.3, 0.4) is 0 Å². The Kier molecular flexibility index (Phi) is 4.90. The maximum atomic E-state index is 11.9. The van der Waals surface area contributed by atoms with Gasteiger partial charge in [-0.3, -0.25) is 4.79 Å². The summed E-state index contributed by atoms with van der Waals surface area (Å²) in [5.41, 5.74) is 2.77. The van der Waals surface area contributed by atoms with Crippen molar-refractivity contribution in [3.8, 4) is 0 Å². The number of rotatable bonds is 6. The van der Waals surface area contributed by atoms with E-state index in [4.69, 9.17) is 0 Å². The second-order valence-electron chi connectivity index (χ2n) is 5.79. The van der Waals surface area contributed by atoms with Gasteiger partial charge in [-0.25, -0.2) is 9.50 Å². The van der Waals surface area contributed by atoms with Crippen LogP contribution >= 0.6 is 0 Å². The molecule has 1 atom stereocenters. The second-order valence-corrected chi connectivity index (χ2v) is 5.79. The topological polar surface area (TPSA) is 71.3 Å². The van der Waals surface area contributed by atoms with E-state index in [0.29, 0.717) is 19.0 Å². The largest absolute Gasteiger partial charge is 0.354 e. The van der Waals surface area contributed by atoms with Crippen LogP contribution in [0.15, 0.2) is 18.5 Å². The lowest BCUT2D eigenvalue weighted by molar-refractivity contribution is -0.122. The van der Waals surface area contributed by atoms with Gasteiger partial charge in [-0.1, -0.05) is 13.8 Å². The van der Waals surface area contributed by atoms with Gasteiger partial charge in [-0.05, 0) is 19.8 Å². The summed E-state index contributed by atoms with van der Waals surface area (Å²) < 4.78 is 1.76. The standard InChI is InChI=1S/C15H23N5O/c1-10(2)6-18-15(21)12(4)16-7-13-8-17-14-5-11(3)19-20(14)9-13/h5,8-10,12,16H,6-7H2,1-4H3,(H,18,21). The zero-order valence-corrected chi connectivity index (χ0v) is 13.1. The molecule has 1 amide bonds. The molecule has 0 aliphatic heterocycles. The lowest BCUT2D eigenvalue weighted by Crippen LogP contribution is -2.43. The molecule has 0 aromatic carbocycles. The van der Waals surface area contributed by atoms with Crippen molar-refractivity contribution < 1.29 is 4.79 Å². The molecule has 0 saturated carbocycles. The second kappa shape index (κ2) is 6.67. The summed E-state index contributed by atoms with van der Waals surface area (Å²) in [6.45, 7) is 9.23. The lowest BCUT2D eigenvalue weighted by Gasteiger charge is -2.15. The van der Waals surface area contributed by atoms with Crippen molar-refractivity contribution in [1.29, 1.82) is 0 Å². The number of aryl methyl sites for hydroxylation is 1. The zero-order chi connectivity index (χ0) is 15.4. The van der Waals surface area contributed by atoms with Crippen molar-refractivity contribution in [3.63, 3.8) is 0 Å². The summed E-state index contributed by atoms with van der Waals surface area (Å²) >= 11 is 0. The van der Waals surface area contributed by atoms with E-state index in [0.717, 1.165) is 16.9 Å². The van der Waals surface area contributed by atoms with Crippen LogP contribution in [0.5, 0.6) is 0 Å². The van der Waals surface area contributed by atoms with E-state index in [1.165, 1.54) is 0 Å². The highest BCUT2D eigenvalue weighted by Crippen LogP contribution is 2.04. The third-order valence-corrected chi connectivity index (χ3v) is 3.18. The molecule has 114 valence electrons. The average Bonchev–Trinajstić information content (AvgIpc) is 2.81. The molecular formula is C15H23N5O. The predicted molar refractivity (Wildman–Crippen MR) is 81.9 cm³/mol. The molecule has 2 aromatic heterocycles. The summed E-state index contributed by atoms with van der Waals surface area (Å²) in [7, 11) is 0. The van der Waals surface area contributed by atoms with Crippen LogP contribution < -0.4 is 10.6 Å². The molecule has 6 nitrogen and oxygen atoms in total. The van der Waals surface area contributed by atoms with Gasteiger partial charge >= 0.3 is 0 Å². The maximum absolute atomic E-state index is 11.9. The van der Waals surface area contributed by atoms with E-state index in [1.807, 2.05) is 32.3 Å². The van der Waals surface area contributed by atoms with Gasteiger partial charge in [0.05, 0.1) is 11.7 Å². The van der Waals surface area contributed by atoms with Crippen molar-refractivity contribution in [2.75, 3.05) is 6.54 Å². The van der Waals surface area contributed by atoms with Gasteiger partial charge in [0.1, 0.15) is 0 Å². The first-order valence-corrected chi connectivity index (χ1v) is 7.27. The summed E-state index contributed by atoms with van der Waals surface area (Å²) in [6.07, 6.45) is 3.74. The Balaban J connectivity index is 1.90. The molecule has 2 aromatic rings. The van der Waals surface area contributed by atoms with Gasteiger partial charge < -0.3 is 10.6 Å². The Morgan fingerprint density at radius 1 is 1.38 bits per heavy atom. The van der Waals surface area contributed by atoms with E-state index < -0.39 is 0 Å². The van der Waals surface area contributed by atoms with Crippen LogP contribution in [-0.2, 0) is 11.3 Å². The molecule has 2 heterocycles. The first-order chi connectivity index (χ1) is 9.95. The van der Waals surface area contributed by atoms with Crippen LogP contribution in [0.2, 0.25) is 0 Å². The zero-order valence-electron chi connectivity index (χ0n) is 13.1. The third kappa shape index (κ3) is 4.26. The Labute approximate surface area is 125 Å². The van der Waals surface area contributed by atoms with E-state index in [1.54, 1.807) is 4.52 Å². The Bertz CT molecular complexity index is 620. The van der Waals surface area contributed by atoms with Gasteiger partial charge in [-0.2, -0.15) is 5.10 Å². The molecular weight excluding hydrogens is 266 g/mol. The van der Waals surface area contributed by atoms with Crippen molar-refractivity contribution in [2.24, 2.45) is 5.92 Å². The number of hydrogen-bond acceptors (Lipinski definition) is 4. The minimum absolute atomic E-state index is 0.0210. The van der Waals surface area contributed by atoms with Crippen molar-refractivity contribution in [2.45, 2.75) is 40.3 Å². The van der Waals surface area contributed by atoms with E-state index >= 15 is 0 Å². The molecule has 0 spiro atoms. The summed E-state index contributed by atoms with van der Waals surface area (Å²) in [5, 5.41) is 10.4. The number of amides is 1. The van der Waals surface area contributed by atoms with Crippen molar-refractivity contribution in [3.05, 3.63) is 29.7 Å². The number of nitrogens with one attached hydrogen (secondary N) is 2. The minimum Gasteiger partial charge on any atom is -0.354 e. The average molecular weight is 289 g/mol. The molecule has 0 radical (unpaired) electrons. The smallest absolute Gasteiger partial charge is 0.236 e. The molecule has 1 unspecified atom stereocenters. The molecule has 0 fully saturated rings. The fourth-order valence-corrected chi connectivity index (χ4v) is 1.95. The van der Waals surface area contributed by atoms with Crippen molar-refractivity contribution in [1.82, 2.24) is 25.2 Å². The quantitative estimate of drug-likeness (QED) is 0.840. The van der Waals surface area contributed by atoms with Gasteiger partial charge in [0.2, 0.25) is 5.91 Å². The molecule has 21 heavy (non-hydrogen) atoms. The highest BCUT2D eigenvalue weighted by molar-refractivity contribution is 5.81. The van der Waals surface area contributed by atoms with Crippen LogP contribution in [0.4, 0.5) is 0 Å². The first-order valence-electron chi connectivity index (χ1n) is 7.27. The SMILES string of the molecule is Cc1cc2ncc(CNC(C)C(=O)NCC(C)C)cn2n1. The number of fused-ring (bicyclic) bond motifs is 1. The Hall–Kier alpha value is -1.95. The van der Waals surface area contributed by atoms with E-state index in [9.17, 15) is 4.79 Å². The molecule has 0 saturated heterocycles. The van der Waals surface area contributed by atoms with E-state index in [2.05, 4.69) is 34.6 Å². The fraction of sp³-hybridized carbons (Fsp3) is 0.533. The third-order valence-electron chi connectivity index (χ3n) is 3.18. The normalized spacial score (nSPS) is 12.8. The van der Waals surface area contributed by atoms with E-state index in [-0.39, 0.29) is 11.9 Å². The van der Waals surface area contributed by atoms with Gasteiger partial charge in [0.25, 0.3) is 0 Å². The number of carbonyl (C=O) groups is 1. The van der Waals surface area contributed by atoms with Gasteiger partial charge in [0, 0.05) is 37.1 Å². The maximum Gasteiger partial charge on any atom is 0.236 e. The summed E-state index contributed by atoms with van der Waals surface area (Å²) in [5.74, 6) is 0.475.